The number of carbonyl (C=O) groups excluding carboxylic acids is 2. The van der Waals surface area contributed by atoms with E-state index in [1.165, 1.54) is 9.47 Å². The number of aromatic nitrogens is 1. The molecule has 8 rings (SSSR count). The molecule has 48 heavy (non-hydrogen) atoms. The number of fused-ring (bicyclic) bond motifs is 4. The lowest BCUT2D eigenvalue weighted by atomic mass is 9.64. The third-order valence-corrected chi connectivity index (χ3v) is 9.90. The molecule has 6 atom stereocenters. The van der Waals surface area contributed by atoms with Crippen molar-refractivity contribution in [3.8, 4) is 0 Å². The van der Waals surface area contributed by atoms with Crippen molar-refractivity contribution in [3.05, 3.63) is 108 Å². The zero-order valence-electron chi connectivity index (χ0n) is 27.9. The van der Waals surface area contributed by atoms with Crippen molar-refractivity contribution in [1.29, 1.82) is 0 Å². The van der Waals surface area contributed by atoms with Crippen molar-refractivity contribution in [2.45, 2.75) is 69.0 Å². The van der Waals surface area contributed by atoms with Crippen molar-refractivity contribution < 1.29 is 62.9 Å². The summed E-state index contributed by atoms with van der Waals surface area (Å²) >= 11 is 0. The van der Waals surface area contributed by atoms with Gasteiger partial charge in [-0.05, 0) is 33.8 Å². The number of halogens is 1. The van der Waals surface area contributed by atoms with Crippen molar-refractivity contribution in [2.24, 2.45) is 5.92 Å². The van der Waals surface area contributed by atoms with E-state index >= 15 is 0 Å². The van der Waals surface area contributed by atoms with E-state index in [4.69, 9.17) is 14.2 Å². The van der Waals surface area contributed by atoms with E-state index in [1.54, 1.807) is 27.7 Å². The Labute approximate surface area is 298 Å². The quantitative estimate of drug-likeness (QED) is 0.209. The lowest BCUT2D eigenvalue weighted by Crippen LogP contribution is -3.10. The normalized spacial score (nSPS) is 29.1. The van der Waals surface area contributed by atoms with Crippen LogP contribution >= 0.6 is 0 Å². The molecule has 4 heterocycles. The molecule has 0 radical (unpaired) electrons. The minimum absolute atomic E-state index is 0. The predicted octanol–water partition coefficient (Wildman–Crippen LogP) is 1.42. The number of nitrogens with zero attached hydrogens (tertiary/aromatic N) is 1. The zero-order chi connectivity index (χ0) is 33.5. The highest BCUT2D eigenvalue weighted by Crippen LogP contribution is 2.63. The molecule has 256 valence electrons. The van der Waals surface area contributed by atoms with Gasteiger partial charge in [-0.15, -0.1) is 0 Å². The Bertz CT molecular complexity index is 1640. The van der Waals surface area contributed by atoms with Gasteiger partial charge in [0.05, 0.1) is 43.4 Å². The summed E-state index contributed by atoms with van der Waals surface area (Å²) in [5, 5.41) is 25.3. The molecule has 3 fully saturated rings. The van der Waals surface area contributed by atoms with Gasteiger partial charge in [-0.1, -0.05) is 91.0 Å². The fourth-order valence-corrected chi connectivity index (χ4v) is 8.08. The molecule has 6 bridgehead atoms. The molecule has 3 N–H and O–H groups in total. The lowest BCUT2D eigenvalue weighted by Gasteiger charge is -2.44. The van der Waals surface area contributed by atoms with Gasteiger partial charge in [0.2, 0.25) is 5.79 Å². The highest BCUT2D eigenvalue weighted by atomic mass is 127. The number of nitrogens with one attached hydrogen (secondary N) is 1. The Kier molecular flexibility index (Phi) is 10.4. The molecule has 10 heteroatoms. The molecule has 4 aromatic rings. The van der Waals surface area contributed by atoms with E-state index in [9.17, 15) is 19.8 Å². The van der Waals surface area contributed by atoms with Crippen LogP contribution in [0.25, 0.3) is 10.9 Å². The van der Waals surface area contributed by atoms with Crippen LogP contribution in [0.3, 0.4) is 0 Å². The minimum Gasteiger partial charge on any atom is -1.00 e. The van der Waals surface area contributed by atoms with Crippen LogP contribution in [0, 0.1) is 5.92 Å². The molecule has 9 nitrogen and oxygen atoms in total. The maximum absolute atomic E-state index is 13.9. The topological polar surface area (TPSA) is 112 Å². The first-order valence-electron chi connectivity index (χ1n) is 16.5. The van der Waals surface area contributed by atoms with Crippen LogP contribution in [0.1, 0.15) is 57.8 Å². The first-order chi connectivity index (χ1) is 22.5. The number of carbonyl (C=O) groups is 2. The molecule has 1 aliphatic carbocycles. The third-order valence-electron chi connectivity index (χ3n) is 9.90. The Morgan fingerprint density at radius 1 is 0.917 bits per heavy atom. The SMILES string of the molecule is CCOC(=O)[C@]12CO[C@@]3(O)[C@@H]4CC[NH+](CC[C@@]13O)[C@@H]4c1c2n(C(=O)OC(C)(C)C)c2ccccc12.[I-].c1ccccc1.c1ccccc1. The maximum atomic E-state index is 13.9. The van der Waals surface area contributed by atoms with Gasteiger partial charge >= 0.3 is 12.1 Å². The first kappa shape index (κ1) is 36.0. The molecule has 1 unspecified atom stereocenters. The standard InChI is InChI=1S/C26H32N2O7.2C6H6.HI/c1-5-33-21(29)24-14-34-26(32)16-10-12-27(13-11-25(24,26)31)19(16)18-15-8-6-7-9-17(15)28(20(18)24)22(30)35-23(2,3)4;2*1-2-4-6-5-3-1;/h6-9,16,19,31-32H,5,10-14H2,1-4H3;2*1-6H;1H/t16-,19+,24-,25-,26+;;;/m1.../s1. The van der Waals surface area contributed by atoms with Crippen molar-refractivity contribution in [1.82, 2.24) is 4.57 Å². The van der Waals surface area contributed by atoms with Crippen LogP contribution in [-0.2, 0) is 24.4 Å². The second-order valence-electron chi connectivity index (χ2n) is 13.7. The number of hydrogen-bond donors (Lipinski definition) is 3. The Morgan fingerprint density at radius 2 is 1.48 bits per heavy atom. The first-order valence-corrected chi connectivity index (χ1v) is 16.5. The number of aliphatic hydroxyl groups is 2. The zero-order valence-corrected chi connectivity index (χ0v) is 30.1. The van der Waals surface area contributed by atoms with E-state index < -0.39 is 40.4 Å². The Balaban J connectivity index is 0.000000291. The average molecular weight is 769 g/mol. The highest BCUT2D eigenvalue weighted by Gasteiger charge is 2.82. The van der Waals surface area contributed by atoms with E-state index in [-0.39, 0.29) is 49.7 Å². The largest absolute Gasteiger partial charge is 1.00 e. The van der Waals surface area contributed by atoms with Crippen LogP contribution in [-0.4, -0.2) is 70.1 Å². The van der Waals surface area contributed by atoms with Crippen LogP contribution < -0.4 is 28.9 Å². The lowest BCUT2D eigenvalue weighted by molar-refractivity contribution is -0.920. The van der Waals surface area contributed by atoms with Crippen LogP contribution in [0.4, 0.5) is 4.79 Å². The molecule has 4 aliphatic rings. The number of rotatable bonds is 2. The molecule has 3 aliphatic heterocycles. The van der Waals surface area contributed by atoms with E-state index in [2.05, 4.69) is 0 Å². The summed E-state index contributed by atoms with van der Waals surface area (Å²) in [6.07, 6.45) is 0.123. The molecular formula is C38H45IN2O7. The number of esters is 1. The molecule has 3 aromatic carbocycles. The van der Waals surface area contributed by atoms with Gasteiger partial charge in [-0.2, -0.15) is 0 Å². The summed E-state index contributed by atoms with van der Waals surface area (Å²) in [6.45, 7) is 8.21. The van der Waals surface area contributed by atoms with Gasteiger partial charge in [0.15, 0.2) is 5.41 Å². The van der Waals surface area contributed by atoms with Gasteiger partial charge in [0.1, 0.15) is 17.2 Å². The van der Waals surface area contributed by atoms with Crippen molar-refractivity contribution in [2.75, 3.05) is 26.3 Å². The summed E-state index contributed by atoms with van der Waals surface area (Å²) in [7, 11) is 0. The van der Waals surface area contributed by atoms with Gasteiger partial charge in [-0.3, -0.25) is 4.79 Å². The highest BCUT2D eigenvalue weighted by molar-refractivity contribution is 5.99. The average Bonchev–Trinajstić information content (AvgIpc) is 3.66. The Morgan fingerprint density at radius 3 is 2.02 bits per heavy atom. The summed E-state index contributed by atoms with van der Waals surface area (Å²) in [4.78, 5) is 28.9. The minimum atomic E-state index is -1.98. The second-order valence-corrected chi connectivity index (χ2v) is 13.7. The second kappa shape index (κ2) is 13.9. The smallest absolute Gasteiger partial charge is 0.419 e. The predicted molar refractivity (Wildman–Crippen MR) is 177 cm³/mol. The number of hydrogen-bond acceptors (Lipinski definition) is 7. The van der Waals surface area contributed by atoms with Crippen molar-refractivity contribution in [3.63, 3.8) is 0 Å². The number of benzene rings is 3. The monoisotopic (exact) mass is 768 g/mol. The summed E-state index contributed by atoms with van der Waals surface area (Å²) in [5.41, 5.74) is -2.83. The van der Waals surface area contributed by atoms with Crippen molar-refractivity contribution >= 4 is 23.0 Å². The van der Waals surface area contributed by atoms with Crippen LogP contribution in [0.2, 0.25) is 0 Å². The molecule has 1 aromatic heterocycles. The van der Waals surface area contributed by atoms with Gasteiger partial charge < -0.3 is 53.3 Å². The fraction of sp³-hybridized carbons (Fsp3) is 0.421. The Hall–Kier alpha value is -3.29. The summed E-state index contributed by atoms with van der Waals surface area (Å²) < 4.78 is 18.9. The van der Waals surface area contributed by atoms with E-state index in [1.807, 2.05) is 97.1 Å². The number of para-hydroxylation sites is 1. The van der Waals surface area contributed by atoms with Crippen LogP contribution in [0.5, 0.6) is 0 Å². The molecule has 0 saturated carbocycles. The van der Waals surface area contributed by atoms with Gasteiger partial charge in [-0.25, -0.2) is 9.36 Å². The van der Waals surface area contributed by atoms with Gasteiger partial charge in [0, 0.05) is 23.8 Å². The fourth-order valence-electron chi connectivity index (χ4n) is 8.08. The number of ether oxygens (including phenoxy) is 3. The molecular weight excluding hydrogens is 723 g/mol. The molecule has 0 amide bonds. The third kappa shape index (κ3) is 5.75. The maximum Gasteiger partial charge on any atom is 0.419 e. The summed E-state index contributed by atoms with van der Waals surface area (Å²) in [6, 6.07) is 31.2. The van der Waals surface area contributed by atoms with E-state index in [0.717, 1.165) is 17.5 Å². The van der Waals surface area contributed by atoms with E-state index in [0.29, 0.717) is 24.2 Å². The number of quaternary nitrogens is 1. The summed E-state index contributed by atoms with van der Waals surface area (Å²) in [5.74, 6) is -3.09. The molecule has 0 spiro atoms. The van der Waals surface area contributed by atoms with Gasteiger partial charge in [0.25, 0.3) is 0 Å². The molecule has 3 saturated heterocycles. The van der Waals surface area contributed by atoms with Crippen LogP contribution in [0.15, 0.2) is 97.1 Å².